The third-order valence-corrected chi connectivity index (χ3v) is 2.48. The number of hydrogen-bond acceptors (Lipinski definition) is 6. The molecule has 0 radical (unpaired) electrons. The average molecular weight is 262 g/mol. The van der Waals surface area contributed by atoms with Crippen molar-refractivity contribution in [2.45, 2.75) is 0 Å². The third-order valence-electron chi connectivity index (χ3n) is 2.48. The first-order valence-corrected chi connectivity index (χ1v) is 5.25. The monoisotopic (exact) mass is 262 g/mol. The minimum Gasteiger partial charge on any atom is -0.497 e. The molecule has 0 aliphatic rings. The van der Waals surface area contributed by atoms with Crippen LogP contribution in [0.25, 0.3) is 11.3 Å². The Kier molecular flexibility index (Phi) is 3.46. The van der Waals surface area contributed by atoms with E-state index in [-0.39, 0.29) is 5.69 Å². The Labute approximate surface area is 107 Å². The van der Waals surface area contributed by atoms with Crippen molar-refractivity contribution in [3.8, 4) is 17.1 Å². The minimum atomic E-state index is -0.514. The molecule has 1 heterocycles. The van der Waals surface area contributed by atoms with Gasteiger partial charge in [-0.25, -0.2) is 0 Å². The maximum absolute atomic E-state index is 11.0. The van der Waals surface area contributed by atoms with Gasteiger partial charge in [-0.15, -0.1) is 0 Å². The maximum Gasteiger partial charge on any atom is 0.284 e. The van der Waals surface area contributed by atoms with Gasteiger partial charge in [0.2, 0.25) is 0 Å². The molecular weight excluding hydrogens is 252 g/mol. The largest absolute Gasteiger partial charge is 0.497 e. The van der Waals surface area contributed by atoms with Gasteiger partial charge >= 0.3 is 0 Å². The Hall–Kier alpha value is -2.83. The zero-order valence-corrected chi connectivity index (χ0v) is 9.94. The number of furan rings is 1. The van der Waals surface area contributed by atoms with Gasteiger partial charge in [0.1, 0.15) is 23.5 Å². The number of methoxy groups -OCH3 is 1. The van der Waals surface area contributed by atoms with E-state index in [0.29, 0.717) is 22.8 Å². The van der Waals surface area contributed by atoms with Gasteiger partial charge < -0.3 is 14.4 Å². The van der Waals surface area contributed by atoms with Gasteiger partial charge in [-0.05, 0) is 24.3 Å². The zero-order valence-electron chi connectivity index (χ0n) is 9.94. The SMILES string of the molecule is COc1ccc(-c2ccc(C=NO)o2)c([N+](=O)[O-])c1. The Balaban J connectivity index is 2.50. The number of nitro benzene ring substituents is 1. The molecule has 0 fully saturated rings. The summed E-state index contributed by atoms with van der Waals surface area (Å²) in [5.74, 6) is 0.992. The van der Waals surface area contributed by atoms with Gasteiger partial charge in [0, 0.05) is 0 Å². The van der Waals surface area contributed by atoms with Crippen molar-refractivity contribution in [2.24, 2.45) is 5.16 Å². The Bertz CT molecular complexity index is 633. The molecule has 2 aromatic rings. The van der Waals surface area contributed by atoms with E-state index in [2.05, 4.69) is 5.16 Å². The number of oxime groups is 1. The molecule has 19 heavy (non-hydrogen) atoms. The highest BCUT2D eigenvalue weighted by molar-refractivity contribution is 5.78. The van der Waals surface area contributed by atoms with Crippen LogP contribution in [-0.4, -0.2) is 23.5 Å². The van der Waals surface area contributed by atoms with E-state index in [9.17, 15) is 10.1 Å². The third kappa shape index (κ3) is 2.54. The van der Waals surface area contributed by atoms with E-state index < -0.39 is 4.92 Å². The predicted octanol–water partition coefficient (Wildman–Crippen LogP) is 2.67. The van der Waals surface area contributed by atoms with Crippen molar-refractivity contribution in [2.75, 3.05) is 7.11 Å². The van der Waals surface area contributed by atoms with Crippen LogP contribution in [0.2, 0.25) is 0 Å². The normalized spacial score (nSPS) is 10.8. The van der Waals surface area contributed by atoms with Crippen molar-refractivity contribution in [1.82, 2.24) is 0 Å². The topological polar surface area (TPSA) is 98.1 Å². The van der Waals surface area contributed by atoms with E-state index in [0.717, 1.165) is 6.21 Å². The first kappa shape index (κ1) is 12.6. The summed E-state index contributed by atoms with van der Waals surface area (Å²) in [6.45, 7) is 0. The lowest BCUT2D eigenvalue weighted by Crippen LogP contribution is -1.93. The molecule has 7 nitrogen and oxygen atoms in total. The fourth-order valence-electron chi connectivity index (χ4n) is 1.62. The van der Waals surface area contributed by atoms with E-state index in [4.69, 9.17) is 14.4 Å². The van der Waals surface area contributed by atoms with E-state index in [1.807, 2.05) is 0 Å². The predicted molar refractivity (Wildman–Crippen MR) is 66.7 cm³/mol. The fourth-order valence-corrected chi connectivity index (χ4v) is 1.62. The fraction of sp³-hybridized carbons (Fsp3) is 0.0833. The highest BCUT2D eigenvalue weighted by Gasteiger charge is 2.19. The van der Waals surface area contributed by atoms with Crippen molar-refractivity contribution in [1.29, 1.82) is 0 Å². The molecular formula is C12H10N2O5. The van der Waals surface area contributed by atoms with Crippen LogP contribution < -0.4 is 4.74 Å². The number of hydrogen-bond donors (Lipinski definition) is 1. The van der Waals surface area contributed by atoms with Crippen molar-refractivity contribution in [3.63, 3.8) is 0 Å². The lowest BCUT2D eigenvalue weighted by molar-refractivity contribution is -0.384. The van der Waals surface area contributed by atoms with Crippen LogP contribution >= 0.6 is 0 Å². The molecule has 7 heteroatoms. The lowest BCUT2D eigenvalue weighted by Gasteiger charge is -2.03. The van der Waals surface area contributed by atoms with Crippen molar-refractivity contribution >= 4 is 11.9 Å². The summed E-state index contributed by atoms with van der Waals surface area (Å²) in [5, 5.41) is 22.3. The van der Waals surface area contributed by atoms with Gasteiger partial charge in [-0.3, -0.25) is 10.1 Å². The standard InChI is InChI=1S/C12H10N2O5/c1-18-8-2-4-10(11(6-8)14(16)17)12-5-3-9(19-12)7-13-15/h2-7,15H,1H3. The zero-order chi connectivity index (χ0) is 13.8. The minimum absolute atomic E-state index is 0.124. The second-order valence-corrected chi connectivity index (χ2v) is 3.59. The Morgan fingerprint density at radius 1 is 1.42 bits per heavy atom. The van der Waals surface area contributed by atoms with Gasteiger partial charge in [-0.1, -0.05) is 5.16 Å². The van der Waals surface area contributed by atoms with Crippen molar-refractivity contribution in [3.05, 3.63) is 46.2 Å². The summed E-state index contributed by atoms with van der Waals surface area (Å²) in [6.07, 6.45) is 1.10. The number of ether oxygens (including phenoxy) is 1. The second kappa shape index (κ2) is 5.21. The molecule has 98 valence electrons. The number of nitro groups is 1. The summed E-state index contributed by atoms with van der Waals surface area (Å²) in [6, 6.07) is 7.56. The summed E-state index contributed by atoms with van der Waals surface area (Å²) in [4.78, 5) is 10.5. The molecule has 2 rings (SSSR count). The van der Waals surface area contributed by atoms with Crippen LogP contribution in [0.5, 0.6) is 5.75 Å². The average Bonchev–Trinajstić information content (AvgIpc) is 2.87. The smallest absolute Gasteiger partial charge is 0.284 e. The summed E-state index contributed by atoms with van der Waals surface area (Å²) in [7, 11) is 1.43. The first-order chi connectivity index (χ1) is 9.15. The number of rotatable bonds is 4. The van der Waals surface area contributed by atoms with Crippen LogP contribution in [0.3, 0.4) is 0 Å². The van der Waals surface area contributed by atoms with Crippen molar-refractivity contribution < 1.29 is 19.3 Å². The van der Waals surface area contributed by atoms with Crippen LogP contribution in [0.15, 0.2) is 39.9 Å². The van der Waals surface area contributed by atoms with E-state index in [1.165, 1.54) is 19.2 Å². The summed E-state index contributed by atoms with van der Waals surface area (Å²) in [5.41, 5.74) is 0.199. The molecule has 0 bridgehead atoms. The lowest BCUT2D eigenvalue weighted by atomic mass is 10.1. The quantitative estimate of drug-likeness (QED) is 0.395. The molecule has 0 aliphatic heterocycles. The molecule has 1 aromatic carbocycles. The highest BCUT2D eigenvalue weighted by Crippen LogP contribution is 2.33. The molecule has 0 saturated heterocycles. The molecule has 0 spiro atoms. The summed E-state index contributed by atoms with van der Waals surface area (Å²) >= 11 is 0. The number of nitrogens with zero attached hydrogens (tertiary/aromatic N) is 2. The molecule has 1 aromatic heterocycles. The van der Waals surface area contributed by atoms with Crippen LogP contribution in [-0.2, 0) is 0 Å². The van der Waals surface area contributed by atoms with Gasteiger partial charge in [0.15, 0.2) is 0 Å². The maximum atomic E-state index is 11.0. The summed E-state index contributed by atoms with van der Waals surface area (Å²) < 4.78 is 10.3. The molecule has 0 unspecified atom stereocenters. The molecule has 0 atom stereocenters. The van der Waals surface area contributed by atoms with Crippen LogP contribution in [0.4, 0.5) is 5.69 Å². The molecule has 0 saturated carbocycles. The molecule has 0 amide bonds. The van der Waals surface area contributed by atoms with Crippen LogP contribution in [0, 0.1) is 10.1 Å². The first-order valence-electron chi connectivity index (χ1n) is 5.25. The molecule has 1 N–H and O–H groups in total. The second-order valence-electron chi connectivity index (χ2n) is 3.59. The molecule has 0 aliphatic carbocycles. The number of benzene rings is 1. The Morgan fingerprint density at radius 3 is 2.84 bits per heavy atom. The van der Waals surface area contributed by atoms with Crippen LogP contribution in [0.1, 0.15) is 5.76 Å². The van der Waals surface area contributed by atoms with E-state index in [1.54, 1.807) is 18.2 Å². The van der Waals surface area contributed by atoms with Gasteiger partial charge in [0.05, 0.1) is 23.7 Å². The Morgan fingerprint density at radius 2 is 2.21 bits per heavy atom. The van der Waals surface area contributed by atoms with Gasteiger partial charge in [-0.2, -0.15) is 0 Å². The highest BCUT2D eigenvalue weighted by atomic mass is 16.6. The van der Waals surface area contributed by atoms with Gasteiger partial charge in [0.25, 0.3) is 5.69 Å². The van der Waals surface area contributed by atoms with E-state index >= 15 is 0 Å².